The van der Waals surface area contributed by atoms with E-state index in [1.165, 1.54) is 0 Å². The summed E-state index contributed by atoms with van der Waals surface area (Å²) in [6.07, 6.45) is 2.93. The summed E-state index contributed by atoms with van der Waals surface area (Å²) < 4.78 is 10.3. The van der Waals surface area contributed by atoms with Gasteiger partial charge in [0, 0.05) is 19.2 Å². The van der Waals surface area contributed by atoms with Gasteiger partial charge in [-0.3, -0.25) is 4.79 Å². The zero-order chi connectivity index (χ0) is 13.0. The van der Waals surface area contributed by atoms with Gasteiger partial charge in [0.25, 0.3) is 0 Å². The lowest BCUT2D eigenvalue weighted by Gasteiger charge is -2.34. The Morgan fingerprint density at radius 1 is 1.28 bits per heavy atom. The van der Waals surface area contributed by atoms with Gasteiger partial charge in [0.05, 0.1) is 13.2 Å². The number of amides is 1. The van der Waals surface area contributed by atoms with Gasteiger partial charge in [-0.1, -0.05) is 0 Å². The number of nitrogens with one attached hydrogen (secondary N) is 1. The van der Waals surface area contributed by atoms with E-state index in [0.29, 0.717) is 12.3 Å². The Morgan fingerprint density at radius 2 is 2.00 bits per heavy atom. The molecule has 2 rings (SSSR count). The predicted molar refractivity (Wildman–Crippen MR) is 69.8 cm³/mol. The Bertz CT molecular complexity index is 400. The molecule has 18 heavy (non-hydrogen) atoms. The van der Waals surface area contributed by atoms with Crippen LogP contribution < -0.4 is 10.1 Å². The average Bonchev–Trinajstić information content (AvgIpc) is 2.36. The van der Waals surface area contributed by atoms with Crippen LogP contribution >= 0.6 is 0 Å². The van der Waals surface area contributed by atoms with Crippen LogP contribution in [0.4, 0.5) is 5.69 Å². The SMILES string of the molecule is COc1ccc(NC(=O)CC2CCC2OC)cc1. The Morgan fingerprint density at radius 3 is 2.50 bits per heavy atom. The molecular weight excluding hydrogens is 230 g/mol. The molecule has 0 radical (unpaired) electrons. The summed E-state index contributed by atoms with van der Waals surface area (Å²) in [7, 11) is 3.33. The number of methoxy groups -OCH3 is 2. The van der Waals surface area contributed by atoms with E-state index in [4.69, 9.17) is 9.47 Å². The lowest BCUT2D eigenvalue weighted by Crippen LogP contribution is -2.35. The number of hydrogen-bond donors (Lipinski definition) is 1. The van der Waals surface area contributed by atoms with Gasteiger partial charge in [-0.15, -0.1) is 0 Å². The molecule has 98 valence electrons. The Balaban J connectivity index is 1.83. The van der Waals surface area contributed by atoms with Crippen molar-refractivity contribution in [2.24, 2.45) is 5.92 Å². The van der Waals surface area contributed by atoms with Crippen LogP contribution in [-0.2, 0) is 9.53 Å². The maximum Gasteiger partial charge on any atom is 0.224 e. The van der Waals surface area contributed by atoms with Crippen molar-refractivity contribution in [2.75, 3.05) is 19.5 Å². The molecule has 1 aromatic rings. The fraction of sp³-hybridized carbons (Fsp3) is 0.500. The minimum Gasteiger partial charge on any atom is -0.497 e. The maximum atomic E-state index is 11.8. The van der Waals surface area contributed by atoms with Crippen molar-refractivity contribution in [3.63, 3.8) is 0 Å². The van der Waals surface area contributed by atoms with Crippen LogP contribution in [0.1, 0.15) is 19.3 Å². The van der Waals surface area contributed by atoms with Crippen LogP contribution in [0.3, 0.4) is 0 Å². The smallest absolute Gasteiger partial charge is 0.224 e. The fourth-order valence-electron chi connectivity index (χ4n) is 2.21. The normalized spacial score (nSPS) is 22.1. The van der Waals surface area contributed by atoms with Gasteiger partial charge in [0.15, 0.2) is 0 Å². The predicted octanol–water partition coefficient (Wildman–Crippen LogP) is 2.45. The first-order valence-corrected chi connectivity index (χ1v) is 6.19. The van der Waals surface area contributed by atoms with Gasteiger partial charge in [0.2, 0.25) is 5.91 Å². The first-order chi connectivity index (χ1) is 8.72. The van der Waals surface area contributed by atoms with E-state index in [-0.39, 0.29) is 12.0 Å². The first kappa shape index (κ1) is 12.9. The molecule has 1 saturated carbocycles. The van der Waals surface area contributed by atoms with Gasteiger partial charge in [-0.05, 0) is 43.0 Å². The van der Waals surface area contributed by atoms with Crippen LogP contribution in [0, 0.1) is 5.92 Å². The molecule has 1 aromatic carbocycles. The molecule has 1 aliphatic carbocycles. The van der Waals surface area contributed by atoms with E-state index in [9.17, 15) is 4.79 Å². The van der Waals surface area contributed by atoms with E-state index in [2.05, 4.69) is 5.32 Å². The van der Waals surface area contributed by atoms with Gasteiger partial charge >= 0.3 is 0 Å². The highest BCUT2D eigenvalue weighted by atomic mass is 16.5. The second kappa shape index (κ2) is 5.87. The summed E-state index contributed by atoms with van der Waals surface area (Å²) in [5, 5.41) is 2.89. The number of anilines is 1. The summed E-state index contributed by atoms with van der Waals surface area (Å²) in [5.41, 5.74) is 0.800. The highest BCUT2D eigenvalue weighted by molar-refractivity contribution is 5.91. The molecule has 4 heteroatoms. The van der Waals surface area contributed by atoms with Crippen molar-refractivity contribution in [3.05, 3.63) is 24.3 Å². The second-order valence-corrected chi connectivity index (χ2v) is 4.59. The number of benzene rings is 1. The quantitative estimate of drug-likeness (QED) is 0.872. The van der Waals surface area contributed by atoms with E-state index in [0.717, 1.165) is 24.3 Å². The maximum absolute atomic E-state index is 11.8. The first-order valence-electron chi connectivity index (χ1n) is 6.19. The van der Waals surface area contributed by atoms with E-state index >= 15 is 0 Å². The standard InChI is InChI=1S/C14H19NO3/c1-17-12-6-4-11(5-7-12)15-14(16)9-10-3-8-13(10)18-2/h4-7,10,13H,3,8-9H2,1-2H3,(H,15,16). The molecule has 0 saturated heterocycles. The van der Waals surface area contributed by atoms with E-state index < -0.39 is 0 Å². The van der Waals surface area contributed by atoms with Crippen LogP contribution in [0.2, 0.25) is 0 Å². The van der Waals surface area contributed by atoms with Crippen molar-refractivity contribution >= 4 is 11.6 Å². The van der Waals surface area contributed by atoms with E-state index in [1.807, 2.05) is 24.3 Å². The second-order valence-electron chi connectivity index (χ2n) is 4.59. The Labute approximate surface area is 107 Å². The van der Waals surface area contributed by atoms with Gasteiger partial charge in [-0.2, -0.15) is 0 Å². The molecule has 0 spiro atoms. The van der Waals surface area contributed by atoms with Gasteiger partial charge in [-0.25, -0.2) is 0 Å². The number of carbonyl (C=O) groups is 1. The summed E-state index contributed by atoms with van der Waals surface area (Å²) in [6, 6.07) is 7.34. The molecule has 1 aliphatic rings. The fourth-order valence-corrected chi connectivity index (χ4v) is 2.21. The van der Waals surface area contributed by atoms with Crippen molar-refractivity contribution in [3.8, 4) is 5.75 Å². The highest BCUT2D eigenvalue weighted by Gasteiger charge is 2.32. The van der Waals surface area contributed by atoms with Crippen LogP contribution in [0.25, 0.3) is 0 Å². The summed E-state index contributed by atoms with van der Waals surface area (Å²) in [6.45, 7) is 0. The number of rotatable bonds is 5. The molecule has 1 N–H and O–H groups in total. The molecule has 0 aromatic heterocycles. The zero-order valence-electron chi connectivity index (χ0n) is 10.8. The average molecular weight is 249 g/mol. The van der Waals surface area contributed by atoms with Gasteiger partial charge in [0.1, 0.15) is 5.75 Å². The number of carbonyl (C=O) groups excluding carboxylic acids is 1. The third-order valence-electron chi connectivity index (χ3n) is 3.47. The minimum absolute atomic E-state index is 0.0481. The van der Waals surface area contributed by atoms with Crippen LogP contribution in [0.5, 0.6) is 5.75 Å². The van der Waals surface area contributed by atoms with Crippen LogP contribution in [-0.4, -0.2) is 26.2 Å². The molecule has 0 bridgehead atoms. The number of ether oxygens (including phenoxy) is 2. The Kier molecular flexibility index (Phi) is 4.20. The molecule has 0 heterocycles. The Hall–Kier alpha value is -1.55. The molecule has 0 aliphatic heterocycles. The van der Waals surface area contributed by atoms with Crippen molar-refractivity contribution in [1.82, 2.24) is 0 Å². The van der Waals surface area contributed by atoms with E-state index in [1.54, 1.807) is 14.2 Å². The molecule has 4 nitrogen and oxygen atoms in total. The highest BCUT2D eigenvalue weighted by Crippen LogP contribution is 2.32. The minimum atomic E-state index is 0.0481. The molecule has 2 atom stereocenters. The van der Waals surface area contributed by atoms with Crippen LogP contribution in [0.15, 0.2) is 24.3 Å². The van der Waals surface area contributed by atoms with Crippen molar-refractivity contribution in [2.45, 2.75) is 25.4 Å². The molecule has 1 amide bonds. The number of hydrogen-bond acceptors (Lipinski definition) is 3. The van der Waals surface area contributed by atoms with Crippen molar-refractivity contribution in [1.29, 1.82) is 0 Å². The van der Waals surface area contributed by atoms with Crippen molar-refractivity contribution < 1.29 is 14.3 Å². The lowest BCUT2D eigenvalue weighted by molar-refractivity contribution is -0.120. The zero-order valence-corrected chi connectivity index (χ0v) is 10.8. The molecular formula is C14H19NO3. The monoisotopic (exact) mass is 249 g/mol. The third-order valence-corrected chi connectivity index (χ3v) is 3.47. The summed E-state index contributed by atoms with van der Waals surface area (Å²) in [4.78, 5) is 11.8. The summed E-state index contributed by atoms with van der Waals surface area (Å²) >= 11 is 0. The topological polar surface area (TPSA) is 47.6 Å². The third kappa shape index (κ3) is 3.01. The largest absolute Gasteiger partial charge is 0.497 e. The van der Waals surface area contributed by atoms with Gasteiger partial charge < -0.3 is 14.8 Å². The molecule has 1 fully saturated rings. The molecule has 2 unspecified atom stereocenters. The summed E-state index contributed by atoms with van der Waals surface area (Å²) in [5.74, 6) is 1.20. The lowest BCUT2D eigenvalue weighted by atomic mass is 9.79.